The van der Waals surface area contributed by atoms with Crippen molar-refractivity contribution in [1.29, 1.82) is 0 Å². The molecule has 0 fully saturated rings. The number of methoxy groups -OCH3 is 1. The Morgan fingerprint density at radius 1 is 0.900 bits per heavy atom. The fourth-order valence-corrected chi connectivity index (χ4v) is 3.85. The molecule has 0 unspecified atom stereocenters. The van der Waals surface area contributed by atoms with Gasteiger partial charge in [-0.25, -0.2) is 9.50 Å². The number of aromatic nitrogens is 4. The predicted molar refractivity (Wildman–Crippen MR) is 119 cm³/mol. The zero-order valence-corrected chi connectivity index (χ0v) is 16.8. The number of benzene rings is 2. The van der Waals surface area contributed by atoms with Crippen molar-refractivity contribution >= 4 is 16.6 Å². The molecular formula is C25H22N4O. The number of imidazole rings is 1. The van der Waals surface area contributed by atoms with Crippen LogP contribution in [-0.2, 0) is 12.8 Å². The van der Waals surface area contributed by atoms with E-state index in [-0.39, 0.29) is 0 Å². The van der Waals surface area contributed by atoms with Gasteiger partial charge in [-0.3, -0.25) is 4.98 Å². The lowest BCUT2D eigenvalue weighted by atomic mass is 10.0. The monoisotopic (exact) mass is 394 g/mol. The summed E-state index contributed by atoms with van der Waals surface area (Å²) < 4.78 is 7.29. The van der Waals surface area contributed by atoms with Crippen LogP contribution in [0.15, 0.2) is 79.1 Å². The minimum absolute atomic E-state index is 0.832. The fraction of sp³-hybridized carbons (Fsp3) is 0.160. The third-order valence-electron chi connectivity index (χ3n) is 5.42. The van der Waals surface area contributed by atoms with Crippen molar-refractivity contribution in [3.05, 3.63) is 90.4 Å². The third-order valence-corrected chi connectivity index (χ3v) is 5.42. The van der Waals surface area contributed by atoms with Gasteiger partial charge >= 0.3 is 0 Å². The molecule has 148 valence electrons. The Kier molecular flexibility index (Phi) is 4.85. The molecule has 0 saturated heterocycles. The van der Waals surface area contributed by atoms with Crippen molar-refractivity contribution < 1.29 is 4.74 Å². The lowest BCUT2D eigenvalue weighted by Gasteiger charge is -2.08. The van der Waals surface area contributed by atoms with E-state index in [2.05, 4.69) is 34.2 Å². The highest BCUT2D eigenvalue weighted by Crippen LogP contribution is 2.23. The van der Waals surface area contributed by atoms with E-state index in [0.29, 0.717) is 0 Å². The Morgan fingerprint density at radius 2 is 1.80 bits per heavy atom. The van der Waals surface area contributed by atoms with Gasteiger partial charge < -0.3 is 4.74 Å². The molecule has 0 amide bonds. The predicted octanol–water partition coefficient (Wildman–Crippen LogP) is 5.13. The molecule has 5 heteroatoms. The zero-order valence-electron chi connectivity index (χ0n) is 16.8. The third kappa shape index (κ3) is 3.50. The standard InChI is InChI=1S/C25H22N4O/c1-30-21-10-11-22-18(14-15-26-24(22)16-21)8-5-9-20-17-27-25-13-12-23(28-29(20)25)19-6-3-2-4-7-19/h2-4,6-7,10-17H,5,8-9H2,1H3. The van der Waals surface area contributed by atoms with Crippen molar-refractivity contribution in [3.8, 4) is 17.0 Å². The number of hydrogen-bond acceptors (Lipinski definition) is 4. The van der Waals surface area contributed by atoms with Crippen LogP contribution < -0.4 is 4.74 Å². The Hall–Kier alpha value is -3.73. The Labute approximate surface area is 175 Å². The van der Waals surface area contributed by atoms with Gasteiger partial charge in [0, 0.05) is 23.2 Å². The smallest absolute Gasteiger partial charge is 0.153 e. The van der Waals surface area contributed by atoms with Crippen LogP contribution in [0.4, 0.5) is 0 Å². The molecule has 0 radical (unpaired) electrons. The first-order valence-corrected chi connectivity index (χ1v) is 10.1. The molecule has 0 saturated carbocycles. The number of hydrogen-bond donors (Lipinski definition) is 0. The molecule has 3 aromatic heterocycles. The molecule has 0 N–H and O–H groups in total. The van der Waals surface area contributed by atoms with Crippen LogP contribution in [0.25, 0.3) is 27.8 Å². The van der Waals surface area contributed by atoms with Gasteiger partial charge in [0.25, 0.3) is 0 Å². The summed E-state index contributed by atoms with van der Waals surface area (Å²) in [4.78, 5) is 9.01. The normalized spacial score (nSPS) is 11.2. The van der Waals surface area contributed by atoms with Gasteiger partial charge in [0.1, 0.15) is 5.75 Å². The summed E-state index contributed by atoms with van der Waals surface area (Å²) in [6.07, 6.45) is 6.70. The Balaban J connectivity index is 1.36. The molecule has 5 nitrogen and oxygen atoms in total. The average Bonchev–Trinajstić information content (AvgIpc) is 3.21. The van der Waals surface area contributed by atoms with Crippen molar-refractivity contribution in [3.63, 3.8) is 0 Å². The lowest BCUT2D eigenvalue weighted by Crippen LogP contribution is -2.00. The maximum absolute atomic E-state index is 5.32. The quantitative estimate of drug-likeness (QED) is 0.401. The van der Waals surface area contributed by atoms with E-state index in [9.17, 15) is 0 Å². The molecule has 0 spiro atoms. The number of rotatable bonds is 6. The second-order valence-electron chi connectivity index (χ2n) is 7.31. The van der Waals surface area contributed by atoms with Crippen LogP contribution in [0, 0.1) is 0 Å². The summed E-state index contributed by atoms with van der Waals surface area (Å²) in [7, 11) is 1.68. The first-order valence-electron chi connectivity index (χ1n) is 10.1. The second kappa shape index (κ2) is 7.95. The number of pyridine rings is 1. The first-order chi connectivity index (χ1) is 14.8. The van der Waals surface area contributed by atoms with E-state index >= 15 is 0 Å². The van der Waals surface area contributed by atoms with Crippen molar-refractivity contribution in [2.75, 3.05) is 7.11 Å². The van der Waals surface area contributed by atoms with Crippen molar-refractivity contribution in [2.24, 2.45) is 0 Å². The van der Waals surface area contributed by atoms with Gasteiger partial charge in [-0.05, 0) is 55.2 Å². The summed E-state index contributed by atoms with van der Waals surface area (Å²) in [5.74, 6) is 0.832. The van der Waals surface area contributed by atoms with Crippen molar-refractivity contribution in [2.45, 2.75) is 19.3 Å². The van der Waals surface area contributed by atoms with Crippen LogP contribution in [0.5, 0.6) is 5.75 Å². The molecule has 0 aliphatic carbocycles. The molecule has 0 aliphatic heterocycles. The maximum atomic E-state index is 5.32. The molecule has 5 aromatic rings. The number of aryl methyl sites for hydroxylation is 2. The average molecular weight is 394 g/mol. The van der Waals surface area contributed by atoms with E-state index in [1.807, 2.05) is 59.4 Å². The topological polar surface area (TPSA) is 52.3 Å². The lowest BCUT2D eigenvalue weighted by molar-refractivity contribution is 0.415. The van der Waals surface area contributed by atoms with Gasteiger partial charge in [0.2, 0.25) is 0 Å². The number of nitrogens with zero attached hydrogens (tertiary/aromatic N) is 4. The van der Waals surface area contributed by atoms with Gasteiger partial charge in [0.15, 0.2) is 5.65 Å². The van der Waals surface area contributed by atoms with E-state index in [1.54, 1.807) is 7.11 Å². The molecule has 0 aliphatic rings. The molecule has 0 atom stereocenters. The van der Waals surface area contributed by atoms with Crippen LogP contribution in [0.2, 0.25) is 0 Å². The van der Waals surface area contributed by atoms with Crippen LogP contribution in [0.1, 0.15) is 17.7 Å². The zero-order chi connectivity index (χ0) is 20.3. The van der Waals surface area contributed by atoms with E-state index in [1.165, 1.54) is 10.9 Å². The molecule has 30 heavy (non-hydrogen) atoms. The maximum Gasteiger partial charge on any atom is 0.153 e. The SMILES string of the molecule is COc1ccc2c(CCCc3cnc4ccc(-c5ccccc5)nn34)ccnc2c1. The molecule has 0 bridgehead atoms. The minimum atomic E-state index is 0.832. The highest BCUT2D eigenvalue weighted by Gasteiger charge is 2.09. The van der Waals surface area contributed by atoms with Gasteiger partial charge in [-0.1, -0.05) is 30.3 Å². The Morgan fingerprint density at radius 3 is 2.67 bits per heavy atom. The molecule has 3 heterocycles. The highest BCUT2D eigenvalue weighted by atomic mass is 16.5. The summed E-state index contributed by atoms with van der Waals surface area (Å²) in [5.41, 5.74) is 6.34. The summed E-state index contributed by atoms with van der Waals surface area (Å²) in [6, 6.07) is 22.5. The van der Waals surface area contributed by atoms with Crippen LogP contribution >= 0.6 is 0 Å². The van der Waals surface area contributed by atoms with Gasteiger partial charge in [0.05, 0.1) is 30.2 Å². The fourth-order valence-electron chi connectivity index (χ4n) is 3.85. The van der Waals surface area contributed by atoms with Gasteiger partial charge in [-0.15, -0.1) is 0 Å². The summed E-state index contributed by atoms with van der Waals surface area (Å²) in [5, 5.41) is 6.01. The number of ether oxygens (including phenoxy) is 1. The molecular weight excluding hydrogens is 372 g/mol. The van der Waals surface area contributed by atoms with Crippen LogP contribution in [-0.4, -0.2) is 26.7 Å². The highest BCUT2D eigenvalue weighted by molar-refractivity contribution is 5.83. The summed E-state index contributed by atoms with van der Waals surface area (Å²) >= 11 is 0. The largest absolute Gasteiger partial charge is 0.497 e. The molecule has 2 aromatic carbocycles. The minimum Gasteiger partial charge on any atom is -0.497 e. The van der Waals surface area contributed by atoms with Crippen LogP contribution in [0.3, 0.4) is 0 Å². The first kappa shape index (κ1) is 18.3. The van der Waals surface area contributed by atoms with E-state index in [0.717, 1.165) is 53.1 Å². The Bertz CT molecular complexity index is 1310. The van der Waals surface area contributed by atoms with E-state index < -0.39 is 0 Å². The summed E-state index contributed by atoms with van der Waals surface area (Å²) in [6.45, 7) is 0. The van der Waals surface area contributed by atoms with Gasteiger partial charge in [-0.2, -0.15) is 5.10 Å². The second-order valence-corrected chi connectivity index (χ2v) is 7.31. The number of fused-ring (bicyclic) bond motifs is 2. The van der Waals surface area contributed by atoms with E-state index in [4.69, 9.17) is 9.84 Å². The molecule has 5 rings (SSSR count). The van der Waals surface area contributed by atoms with Crippen molar-refractivity contribution in [1.82, 2.24) is 19.6 Å².